The van der Waals surface area contributed by atoms with E-state index < -0.39 is 11.5 Å². The lowest BCUT2D eigenvalue weighted by molar-refractivity contribution is -0.144. The van der Waals surface area contributed by atoms with Crippen molar-refractivity contribution in [3.63, 3.8) is 0 Å². The van der Waals surface area contributed by atoms with E-state index in [9.17, 15) is 4.79 Å². The normalized spacial score (nSPS) is 27.5. The molecular weight excluding hydrogens is 238 g/mol. The summed E-state index contributed by atoms with van der Waals surface area (Å²) in [6.07, 6.45) is 2.87. The molecule has 3 heteroatoms. The van der Waals surface area contributed by atoms with Gasteiger partial charge in [-0.2, -0.15) is 0 Å². The summed E-state index contributed by atoms with van der Waals surface area (Å²) in [5, 5.41) is 9.13. The van der Waals surface area contributed by atoms with E-state index >= 15 is 0 Å². The third-order valence-electron chi connectivity index (χ3n) is 4.38. The second kappa shape index (κ2) is 5.33. The molecule has 0 amide bonds. The number of benzene rings is 1. The lowest BCUT2D eigenvalue weighted by Crippen LogP contribution is -2.50. The van der Waals surface area contributed by atoms with Crippen molar-refractivity contribution >= 4 is 5.97 Å². The highest BCUT2D eigenvalue weighted by Gasteiger charge is 2.38. The molecule has 104 valence electrons. The fourth-order valence-corrected chi connectivity index (χ4v) is 2.83. The molecule has 3 N–H and O–H groups in total. The van der Waals surface area contributed by atoms with Crippen LogP contribution in [0.4, 0.5) is 0 Å². The average Bonchev–Trinajstić information content (AvgIpc) is 2.39. The minimum Gasteiger partial charge on any atom is -0.480 e. The summed E-state index contributed by atoms with van der Waals surface area (Å²) in [4.78, 5) is 11.1. The first-order valence-electron chi connectivity index (χ1n) is 7.04. The Hall–Kier alpha value is -1.35. The maximum atomic E-state index is 11.1. The van der Waals surface area contributed by atoms with Crippen molar-refractivity contribution < 1.29 is 9.90 Å². The Balaban J connectivity index is 2.03. The molecule has 0 aliphatic heterocycles. The van der Waals surface area contributed by atoms with Crippen molar-refractivity contribution in [1.29, 1.82) is 0 Å². The summed E-state index contributed by atoms with van der Waals surface area (Å²) in [6, 6.07) is 8.73. The maximum absolute atomic E-state index is 11.1. The van der Waals surface area contributed by atoms with Gasteiger partial charge in [0.15, 0.2) is 0 Å². The summed E-state index contributed by atoms with van der Waals surface area (Å²) in [5.41, 5.74) is 7.56. The highest BCUT2D eigenvalue weighted by Crippen LogP contribution is 2.37. The van der Waals surface area contributed by atoms with Gasteiger partial charge in [0.05, 0.1) is 0 Å². The van der Waals surface area contributed by atoms with Crippen LogP contribution in [0.1, 0.15) is 62.5 Å². The van der Waals surface area contributed by atoms with Crippen molar-refractivity contribution in [2.75, 3.05) is 0 Å². The summed E-state index contributed by atoms with van der Waals surface area (Å²) in [7, 11) is 0. The zero-order chi connectivity index (χ0) is 14.0. The molecule has 2 rings (SSSR count). The van der Waals surface area contributed by atoms with Gasteiger partial charge in [-0.15, -0.1) is 0 Å². The Labute approximate surface area is 114 Å². The van der Waals surface area contributed by atoms with E-state index in [1.807, 2.05) is 0 Å². The molecule has 19 heavy (non-hydrogen) atoms. The second-order valence-electron chi connectivity index (χ2n) is 6.06. The third-order valence-corrected chi connectivity index (χ3v) is 4.38. The van der Waals surface area contributed by atoms with Gasteiger partial charge in [0.2, 0.25) is 0 Å². The molecule has 0 saturated heterocycles. The standard InChI is InChI=1S/C16H23NO2/c1-11(2)12-3-5-13(6-4-12)14-7-9-16(17,10-8-14)15(18)19/h3-6,11,14H,7-10,17H2,1-2H3,(H,18,19). The van der Waals surface area contributed by atoms with Crippen LogP contribution in [0, 0.1) is 0 Å². The molecule has 1 aromatic rings. The number of carbonyl (C=O) groups is 1. The Kier molecular flexibility index (Phi) is 3.95. The van der Waals surface area contributed by atoms with Crippen molar-refractivity contribution in [2.24, 2.45) is 5.73 Å². The highest BCUT2D eigenvalue weighted by atomic mass is 16.4. The summed E-state index contributed by atoms with van der Waals surface area (Å²) in [6.45, 7) is 4.37. The van der Waals surface area contributed by atoms with Crippen LogP contribution in [0.3, 0.4) is 0 Å². The summed E-state index contributed by atoms with van der Waals surface area (Å²) >= 11 is 0. The molecule has 0 bridgehead atoms. The first-order chi connectivity index (χ1) is 8.92. The van der Waals surface area contributed by atoms with E-state index in [0.717, 1.165) is 12.8 Å². The average molecular weight is 261 g/mol. The van der Waals surface area contributed by atoms with Crippen LogP contribution in [0.15, 0.2) is 24.3 Å². The second-order valence-corrected chi connectivity index (χ2v) is 6.06. The molecule has 0 unspecified atom stereocenters. The van der Waals surface area contributed by atoms with E-state index in [1.165, 1.54) is 11.1 Å². The van der Waals surface area contributed by atoms with Crippen LogP contribution in [0.25, 0.3) is 0 Å². The third kappa shape index (κ3) is 2.98. The Morgan fingerprint density at radius 2 is 1.79 bits per heavy atom. The Bertz CT molecular complexity index is 442. The van der Waals surface area contributed by atoms with Gasteiger partial charge in [-0.1, -0.05) is 38.1 Å². The van der Waals surface area contributed by atoms with Gasteiger partial charge in [0, 0.05) is 0 Å². The molecule has 1 aromatic carbocycles. The first kappa shape index (κ1) is 14.1. The highest BCUT2D eigenvalue weighted by molar-refractivity contribution is 5.78. The number of hydrogen-bond donors (Lipinski definition) is 2. The molecule has 0 aromatic heterocycles. The predicted molar refractivity (Wildman–Crippen MR) is 76.3 cm³/mol. The lowest BCUT2D eigenvalue weighted by Gasteiger charge is -2.34. The number of rotatable bonds is 3. The lowest BCUT2D eigenvalue weighted by atomic mass is 9.74. The SMILES string of the molecule is CC(C)c1ccc(C2CCC(N)(C(=O)O)CC2)cc1. The maximum Gasteiger partial charge on any atom is 0.323 e. The fourth-order valence-electron chi connectivity index (χ4n) is 2.83. The molecule has 1 fully saturated rings. The molecule has 1 aliphatic rings. The van der Waals surface area contributed by atoms with Crippen LogP contribution in [0.5, 0.6) is 0 Å². The zero-order valence-corrected chi connectivity index (χ0v) is 11.7. The Morgan fingerprint density at radius 3 is 2.21 bits per heavy atom. The van der Waals surface area contributed by atoms with Crippen molar-refractivity contribution in [3.8, 4) is 0 Å². The summed E-state index contributed by atoms with van der Waals surface area (Å²) < 4.78 is 0. The van der Waals surface area contributed by atoms with Gasteiger partial charge < -0.3 is 10.8 Å². The van der Waals surface area contributed by atoms with E-state index in [4.69, 9.17) is 10.8 Å². The minimum atomic E-state index is -1.01. The Morgan fingerprint density at radius 1 is 1.26 bits per heavy atom. The number of nitrogens with two attached hydrogens (primary N) is 1. The largest absolute Gasteiger partial charge is 0.480 e. The monoisotopic (exact) mass is 261 g/mol. The quantitative estimate of drug-likeness (QED) is 0.878. The zero-order valence-electron chi connectivity index (χ0n) is 11.7. The van der Waals surface area contributed by atoms with Crippen LogP contribution >= 0.6 is 0 Å². The topological polar surface area (TPSA) is 63.3 Å². The smallest absolute Gasteiger partial charge is 0.323 e. The van der Waals surface area contributed by atoms with Crippen LogP contribution in [-0.4, -0.2) is 16.6 Å². The molecule has 3 nitrogen and oxygen atoms in total. The van der Waals surface area contributed by atoms with E-state index in [0.29, 0.717) is 24.7 Å². The number of aliphatic carboxylic acids is 1. The van der Waals surface area contributed by atoms with Crippen LogP contribution < -0.4 is 5.73 Å². The molecule has 1 saturated carbocycles. The van der Waals surface area contributed by atoms with Crippen LogP contribution in [0.2, 0.25) is 0 Å². The van der Waals surface area contributed by atoms with Gasteiger partial charge in [0.25, 0.3) is 0 Å². The molecule has 1 aliphatic carbocycles. The van der Waals surface area contributed by atoms with Gasteiger partial charge >= 0.3 is 5.97 Å². The molecule has 0 radical (unpaired) electrons. The van der Waals surface area contributed by atoms with E-state index in [1.54, 1.807) is 0 Å². The first-order valence-corrected chi connectivity index (χ1v) is 7.04. The number of carboxylic acids is 1. The van der Waals surface area contributed by atoms with Gasteiger partial charge in [-0.05, 0) is 48.6 Å². The summed E-state index contributed by atoms with van der Waals surface area (Å²) in [5.74, 6) is 0.141. The van der Waals surface area contributed by atoms with Gasteiger partial charge in [-0.3, -0.25) is 4.79 Å². The van der Waals surface area contributed by atoms with Crippen molar-refractivity contribution in [3.05, 3.63) is 35.4 Å². The fraction of sp³-hybridized carbons (Fsp3) is 0.562. The van der Waals surface area contributed by atoms with Crippen molar-refractivity contribution in [1.82, 2.24) is 0 Å². The van der Waals surface area contributed by atoms with Crippen LogP contribution in [-0.2, 0) is 4.79 Å². The molecule has 0 spiro atoms. The number of hydrogen-bond acceptors (Lipinski definition) is 2. The van der Waals surface area contributed by atoms with Gasteiger partial charge in [-0.25, -0.2) is 0 Å². The van der Waals surface area contributed by atoms with E-state index in [2.05, 4.69) is 38.1 Å². The predicted octanol–water partition coefficient (Wildman–Crippen LogP) is 3.25. The van der Waals surface area contributed by atoms with Crippen molar-refractivity contribution in [2.45, 2.75) is 56.9 Å². The van der Waals surface area contributed by atoms with Gasteiger partial charge in [0.1, 0.15) is 5.54 Å². The molecular formula is C16H23NO2. The minimum absolute atomic E-state index is 0.456. The van der Waals surface area contributed by atoms with E-state index in [-0.39, 0.29) is 0 Å². The molecule has 0 atom stereocenters. The molecule has 0 heterocycles. The number of carboxylic acid groups (broad SMARTS) is 1.